The quantitative estimate of drug-likeness (QED) is 0.498. The fourth-order valence-electron chi connectivity index (χ4n) is 2.27. The molecular formula is C17H9BrClN3OS. The molecule has 2 aromatic heterocycles. The maximum atomic E-state index is 12.5. The van der Waals surface area contributed by atoms with Crippen LogP contribution in [0.25, 0.3) is 22.4 Å². The first-order valence-corrected chi connectivity index (χ1v) is 9.02. The number of rotatable bonds is 2. The highest BCUT2D eigenvalue weighted by Crippen LogP contribution is 2.19. The Morgan fingerprint density at radius 3 is 2.46 bits per heavy atom. The van der Waals surface area contributed by atoms with Crippen molar-refractivity contribution >= 4 is 49.9 Å². The van der Waals surface area contributed by atoms with Crippen LogP contribution in [-0.2, 0) is 0 Å². The van der Waals surface area contributed by atoms with Crippen molar-refractivity contribution in [1.82, 2.24) is 14.6 Å². The van der Waals surface area contributed by atoms with Gasteiger partial charge in [0.1, 0.15) is 0 Å². The van der Waals surface area contributed by atoms with Crippen LogP contribution in [0.15, 0.2) is 57.8 Å². The Kier molecular flexibility index (Phi) is 3.96. The average molecular weight is 419 g/mol. The summed E-state index contributed by atoms with van der Waals surface area (Å²) in [6.45, 7) is 0. The van der Waals surface area contributed by atoms with Crippen LogP contribution in [0.5, 0.6) is 0 Å². The Labute approximate surface area is 154 Å². The molecule has 0 spiro atoms. The maximum absolute atomic E-state index is 12.5. The lowest BCUT2D eigenvalue weighted by Crippen LogP contribution is -2.23. The van der Waals surface area contributed by atoms with Crippen LogP contribution in [0.4, 0.5) is 0 Å². The Hall–Kier alpha value is -2.02. The van der Waals surface area contributed by atoms with Gasteiger partial charge in [0.25, 0.3) is 5.56 Å². The molecule has 24 heavy (non-hydrogen) atoms. The summed E-state index contributed by atoms with van der Waals surface area (Å²) in [4.78, 5) is 17.5. The van der Waals surface area contributed by atoms with Crippen LogP contribution in [0.3, 0.4) is 0 Å². The van der Waals surface area contributed by atoms with Crippen LogP contribution < -0.4 is 10.1 Å². The number of hydrogen-bond acceptors (Lipinski definition) is 4. The SMILES string of the molecule is O=c1/c(=C/c2ccc(Cl)cc2)sc2nc(-c3ccc(Br)cc3)nn12. The predicted octanol–water partition coefficient (Wildman–Crippen LogP) is 3.78. The number of fused-ring (bicyclic) bond motifs is 1. The molecule has 0 bridgehead atoms. The summed E-state index contributed by atoms with van der Waals surface area (Å²) in [6, 6.07) is 15.0. The van der Waals surface area contributed by atoms with Crippen molar-refractivity contribution in [2.75, 3.05) is 0 Å². The highest BCUT2D eigenvalue weighted by molar-refractivity contribution is 9.10. The second-order valence-electron chi connectivity index (χ2n) is 5.10. The fourth-order valence-corrected chi connectivity index (χ4v) is 3.56. The Balaban J connectivity index is 1.79. The van der Waals surface area contributed by atoms with Crippen molar-refractivity contribution in [2.45, 2.75) is 0 Å². The lowest BCUT2D eigenvalue weighted by atomic mass is 10.2. The molecule has 4 nitrogen and oxygen atoms in total. The van der Waals surface area contributed by atoms with Gasteiger partial charge in [-0.25, -0.2) is 0 Å². The molecule has 4 aromatic rings. The van der Waals surface area contributed by atoms with E-state index in [0.29, 0.717) is 20.3 Å². The second-order valence-corrected chi connectivity index (χ2v) is 7.47. The second kappa shape index (κ2) is 6.12. The molecule has 0 saturated heterocycles. The molecule has 0 aliphatic rings. The third kappa shape index (κ3) is 2.88. The molecule has 0 saturated carbocycles. The molecular weight excluding hydrogens is 410 g/mol. The van der Waals surface area contributed by atoms with Gasteiger partial charge in [-0.15, -0.1) is 5.10 Å². The molecule has 118 valence electrons. The summed E-state index contributed by atoms with van der Waals surface area (Å²) >= 11 is 10.6. The van der Waals surface area contributed by atoms with Crippen molar-refractivity contribution < 1.29 is 0 Å². The van der Waals surface area contributed by atoms with E-state index in [0.717, 1.165) is 15.6 Å². The molecule has 7 heteroatoms. The first-order valence-electron chi connectivity index (χ1n) is 7.03. The normalized spacial score (nSPS) is 12.2. The van der Waals surface area contributed by atoms with Crippen molar-refractivity contribution in [3.05, 3.63) is 78.5 Å². The first kappa shape index (κ1) is 15.5. The van der Waals surface area contributed by atoms with E-state index in [4.69, 9.17) is 11.6 Å². The summed E-state index contributed by atoms with van der Waals surface area (Å²) in [5, 5.41) is 5.00. The van der Waals surface area contributed by atoms with Crippen molar-refractivity contribution in [3.8, 4) is 11.4 Å². The van der Waals surface area contributed by atoms with Crippen LogP contribution in [0, 0.1) is 0 Å². The van der Waals surface area contributed by atoms with E-state index in [1.807, 2.05) is 42.5 Å². The monoisotopic (exact) mass is 417 g/mol. The number of hydrogen-bond donors (Lipinski definition) is 0. The van der Waals surface area contributed by atoms with E-state index in [2.05, 4.69) is 26.0 Å². The summed E-state index contributed by atoms with van der Waals surface area (Å²) in [5.74, 6) is 0.545. The molecule has 0 N–H and O–H groups in total. The predicted molar refractivity (Wildman–Crippen MR) is 101 cm³/mol. The smallest absolute Gasteiger partial charge is 0.266 e. The zero-order valence-corrected chi connectivity index (χ0v) is 15.3. The van der Waals surface area contributed by atoms with Gasteiger partial charge in [-0.05, 0) is 35.9 Å². The van der Waals surface area contributed by atoms with E-state index in [-0.39, 0.29) is 5.56 Å². The first-order chi connectivity index (χ1) is 11.6. The third-order valence-electron chi connectivity index (χ3n) is 3.45. The lowest BCUT2D eigenvalue weighted by molar-refractivity contribution is 0.937. The van der Waals surface area contributed by atoms with Gasteiger partial charge in [-0.1, -0.05) is 63.1 Å². The lowest BCUT2D eigenvalue weighted by Gasteiger charge is -1.94. The van der Waals surface area contributed by atoms with Crippen molar-refractivity contribution in [2.24, 2.45) is 0 Å². The highest BCUT2D eigenvalue weighted by atomic mass is 79.9. The molecule has 0 aliphatic carbocycles. The van der Waals surface area contributed by atoms with Gasteiger partial charge in [0, 0.05) is 15.1 Å². The number of benzene rings is 2. The largest absolute Gasteiger partial charge is 0.291 e. The summed E-state index contributed by atoms with van der Waals surface area (Å²) in [5.41, 5.74) is 1.62. The number of nitrogens with zero attached hydrogens (tertiary/aromatic N) is 3. The summed E-state index contributed by atoms with van der Waals surface area (Å²) in [7, 11) is 0. The zero-order chi connectivity index (χ0) is 16.7. The van der Waals surface area contributed by atoms with Gasteiger partial charge in [0.2, 0.25) is 4.96 Å². The van der Waals surface area contributed by atoms with Gasteiger partial charge in [0.15, 0.2) is 5.82 Å². The molecule has 0 amide bonds. The standard InChI is InChI=1S/C17H9BrClN3OS/c18-12-5-3-11(4-6-12)15-20-17-22(21-15)16(23)14(24-17)9-10-1-7-13(19)8-2-10/h1-9H/b14-9-. The van der Waals surface area contributed by atoms with E-state index < -0.39 is 0 Å². The Bertz CT molecular complexity index is 1130. The minimum Gasteiger partial charge on any atom is -0.266 e. The van der Waals surface area contributed by atoms with E-state index in [9.17, 15) is 4.79 Å². The van der Waals surface area contributed by atoms with Crippen molar-refractivity contribution in [1.29, 1.82) is 0 Å². The zero-order valence-electron chi connectivity index (χ0n) is 12.1. The summed E-state index contributed by atoms with van der Waals surface area (Å²) in [6.07, 6.45) is 1.82. The molecule has 0 aliphatic heterocycles. The van der Waals surface area contributed by atoms with E-state index >= 15 is 0 Å². The number of halogens is 2. The minimum atomic E-state index is -0.166. The van der Waals surface area contributed by atoms with Crippen LogP contribution in [0.2, 0.25) is 5.02 Å². The molecule has 2 heterocycles. The van der Waals surface area contributed by atoms with Gasteiger partial charge >= 0.3 is 0 Å². The van der Waals surface area contributed by atoms with E-state index in [1.54, 1.807) is 12.1 Å². The van der Waals surface area contributed by atoms with Crippen LogP contribution in [-0.4, -0.2) is 14.6 Å². The van der Waals surface area contributed by atoms with Gasteiger partial charge in [0.05, 0.1) is 4.53 Å². The summed E-state index contributed by atoms with van der Waals surface area (Å²) < 4.78 is 2.93. The van der Waals surface area contributed by atoms with Gasteiger partial charge < -0.3 is 0 Å². The Morgan fingerprint density at radius 1 is 1.08 bits per heavy atom. The number of thiazole rings is 1. The topological polar surface area (TPSA) is 47.3 Å². The molecule has 4 rings (SSSR count). The highest BCUT2D eigenvalue weighted by Gasteiger charge is 2.11. The molecule has 2 aromatic carbocycles. The van der Waals surface area contributed by atoms with Crippen LogP contribution in [0.1, 0.15) is 5.56 Å². The molecule has 0 unspecified atom stereocenters. The molecule has 0 atom stereocenters. The van der Waals surface area contributed by atoms with Gasteiger partial charge in [-0.3, -0.25) is 4.79 Å². The third-order valence-corrected chi connectivity index (χ3v) is 5.19. The maximum Gasteiger partial charge on any atom is 0.291 e. The van der Waals surface area contributed by atoms with E-state index in [1.165, 1.54) is 15.9 Å². The minimum absolute atomic E-state index is 0.166. The Morgan fingerprint density at radius 2 is 1.79 bits per heavy atom. The van der Waals surface area contributed by atoms with Gasteiger partial charge in [-0.2, -0.15) is 9.50 Å². The number of aromatic nitrogens is 3. The average Bonchev–Trinajstić information content (AvgIpc) is 3.11. The fraction of sp³-hybridized carbons (Fsp3) is 0. The molecule has 0 radical (unpaired) electrons. The van der Waals surface area contributed by atoms with Crippen LogP contribution >= 0.6 is 38.9 Å². The van der Waals surface area contributed by atoms with Crippen molar-refractivity contribution in [3.63, 3.8) is 0 Å². The molecule has 0 fully saturated rings.